The summed E-state index contributed by atoms with van der Waals surface area (Å²) in [5, 5.41) is 5.86. The normalized spacial score (nSPS) is 18.0. The molecule has 0 radical (unpaired) electrons. The van der Waals surface area contributed by atoms with Gasteiger partial charge in [0.1, 0.15) is 0 Å². The van der Waals surface area contributed by atoms with Gasteiger partial charge in [-0.25, -0.2) is 0 Å². The van der Waals surface area contributed by atoms with Gasteiger partial charge in [-0.05, 0) is 73.1 Å². The van der Waals surface area contributed by atoms with Crippen molar-refractivity contribution in [1.82, 2.24) is 5.32 Å². The van der Waals surface area contributed by atoms with E-state index < -0.39 is 0 Å². The van der Waals surface area contributed by atoms with Crippen LogP contribution in [-0.2, 0) is 16.0 Å². The van der Waals surface area contributed by atoms with Crippen molar-refractivity contribution in [3.05, 3.63) is 53.6 Å². The van der Waals surface area contributed by atoms with Crippen molar-refractivity contribution in [2.45, 2.75) is 44.6 Å². The Balaban J connectivity index is 1.32. The van der Waals surface area contributed by atoms with Crippen LogP contribution in [0.3, 0.4) is 0 Å². The fourth-order valence-corrected chi connectivity index (χ4v) is 3.92. The molecule has 2 amide bonds. The zero-order chi connectivity index (χ0) is 19.3. The van der Waals surface area contributed by atoms with Crippen LogP contribution in [0.1, 0.15) is 48.0 Å². The lowest BCUT2D eigenvalue weighted by molar-refractivity contribution is -0.115. The molecule has 0 aliphatic carbocycles. The Morgan fingerprint density at radius 3 is 2.89 bits per heavy atom. The number of fused-ring (bicyclic) bond motifs is 1. The van der Waals surface area contributed by atoms with Gasteiger partial charge in [0.2, 0.25) is 5.91 Å². The number of rotatable bonds is 7. The van der Waals surface area contributed by atoms with Crippen LogP contribution in [0.4, 0.5) is 5.69 Å². The first-order valence-corrected chi connectivity index (χ1v) is 10.1. The van der Waals surface area contributed by atoms with E-state index in [1.165, 1.54) is 12.8 Å². The van der Waals surface area contributed by atoms with Crippen molar-refractivity contribution in [2.24, 2.45) is 0 Å². The minimum absolute atomic E-state index is 0.0276. The predicted molar refractivity (Wildman–Crippen MR) is 109 cm³/mol. The van der Waals surface area contributed by atoms with Crippen molar-refractivity contribution in [3.63, 3.8) is 0 Å². The van der Waals surface area contributed by atoms with Gasteiger partial charge in [-0.2, -0.15) is 0 Å². The largest absolute Gasteiger partial charge is 0.378 e. The lowest BCUT2D eigenvalue weighted by Gasteiger charge is -2.10. The molecule has 2 aromatic rings. The summed E-state index contributed by atoms with van der Waals surface area (Å²) in [5.74, 6) is -0.0169. The molecule has 2 aromatic carbocycles. The Labute approximate surface area is 165 Å². The molecular formula is C23H26N2O3. The minimum atomic E-state index is -0.0445. The Kier molecular flexibility index (Phi) is 5.72. The van der Waals surface area contributed by atoms with E-state index in [4.69, 9.17) is 4.74 Å². The molecule has 1 saturated heterocycles. The van der Waals surface area contributed by atoms with Gasteiger partial charge in [0, 0.05) is 24.4 Å². The fraction of sp³-hybridized carbons (Fsp3) is 0.391. The Morgan fingerprint density at radius 1 is 1.14 bits per heavy atom. The van der Waals surface area contributed by atoms with Crippen LogP contribution in [-0.4, -0.2) is 31.1 Å². The van der Waals surface area contributed by atoms with Crippen molar-refractivity contribution in [3.8, 4) is 11.1 Å². The molecule has 2 heterocycles. The first-order chi connectivity index (χ1) is 13.7. The maximum Gasteiger partial charge on any atom is 0.251 e. The first-order valence-electron chi connectivity index (χ1n) is 10.1. The van der Waals surface area contributed by atoms with Gasteiger partial charge < -0.3 is 15.4 Å². The molecule has 0 aromatic heterocycles. The molecule has 1 fully saturated rings. The molecule has 4 rings (SSSR count). The van der Waals surface area contributed by atoms with E-state index in [-0.39, 0.29) is 11.8 Å². The molecule has 0 saturated carbocycles. The van der Waals surface area contributed by atoms with Crippen molar-refractivity contribution >= 4 is 17.5 Å². The molecule has 0 bridgehead atoms. The maximum atomic E-state index is 12.5. The number of unbranched alkanes of at least 4 members (excludes halogenated alkanes) is 1. The lowest BCUT2D eigenvalue weighted by atomic mass is 10.00. The number of nitrogens with one attached hydrogen (secondary N) is 2. The number of ether oxygens (including phenoxy) is 1. The third-order valence-corrected chi connectivity index (χ3v) is 5.45. The summed E-state index contributed by atoms with van der Waals surface area (Å²) in [5.41, 5.74) is 4.54. The summed E-state index contributed by atoms with van der Waals surface area (Å²) in [6.07, 6.45) is 6.31. The van der Waals surface area contributed by atoms with Crippen LogP contribution in [0, 0.1) is 0 Å². The quantitative estimate of drug-likeness (QED) is 0.718. The van der Waals surface area contributed by atoms with Gasteiger partial charge in [-0.3, -0.25) is 9.59 Å². The molecule has 1 atom stereocenters. The molecule has 5 heteroatoms. The third-order valence-electron chi connectivity index (χ3n) is 5.45. The topological polar surface area (TPSA) is 67.4 Å². The highest BCUT2D eigenvalue weighted by Crippen LogP contribution is 2.29. The first kappa shape index (κ1) is 18.7. The molecule has 0 spiro atoms. The molecule has 28 heavy (non-hydrogen) atoms. The van der Waals surface area contributed by atoms with Crippen molar-refractivity contribution in [2.75, 3.05) is 18.5 Å². The molecule has 2 N–H and O–H groups in total. The smallest absolute Gasteiger partial charge is 0.251 e. The second kappa shape index (κ2) is 8.57. The van der Waals surface area contributed by atoms with E-state index in [0.29, 0.717) is 24.6 Å². The summed E-state index contributed by atoms with van der Waals surface area (Å²) in [6, 6.07) is 13.6. The van der Waals surface area contributed by atoms with Gasteiger partial charge in [-0.15, -0.1) is 0 Å². The molecule has 2 aliphatic heterocycles. The summed E-state index contributed by atoms with van der Waals surface area (Å²) < 4.78 is 5.63. The Hall–Kier alpha value is -2.66. The number of hydrogen-bond donors (Lipinski definition) is 2. The van der Waals surface area contributed by atoms with Gasteiger partial charge in [0.05, 0.1) is 12.5 Å². The van der Waals surface area contributed by atoms with E-state index in [9.17, 15) is 9.59 Å². The summed E-state index contributed by atoms with van der Waals surface area (Å²) in [7, 11) is 0. The van der Waals surface area contributed by atoms with Crippen molar-refractivity contribution in [1.29, 1.82) is 0 Å². The molecule has 0 unspecified atom stereocenters. The highest BCUT2D eigenvalue weighted by Gasteiger charge is 2.18. The zero-order valence-corrected chi connectivity index (χ0v) is 16.0. The van der Waals surface area contributed by atoms with Crippen LogP contribution >= 0.6 is 0 Å². The average Bonchev–Trinajstić information content (AvgIpc) is 3.35. The van der Waals surface area contributed by atoms with Gasteiger partial charge in [0.25, 0.3) is 5.91 Å². The number of carbonyl (C=O) groups is 2. The second-order valence-corrected chi connectivity index (χ2v) is 7.56. The summed E-state index contributed by atoms with van der Waals surface area (Å²) in [4.78, 5) is 24.0. The van der Waals surface area contributed by atoms with Gasteiger partial charge >= 0.3 is 0 Å². The highest BCUT2D eigenvalue weighted by atomic mass is 16.5. The maximum absolute atomic E-state index is 12.5. The third kappa shape index (κ3) is 4.42. The summed E-state index contributed by atoms with van der Waals surface area (Å²) in [6.45, 7) is 1.58. The van der Waals surface area contributed by atoms with Crippen LogP contribution < -0.4 is 10.6 Å². The molecule has 146 valence electrons. The fourth-order valence-electron chi connectivity index (χ4n) is 3.92. The van der Waals surface area contributed by atoms with E-state index in [2.05, 4.69) is 10.6 Å². The number of benzene rings is 2. The van der Waals surface area contributed by atoms with E-state index in [0.717, 1.165) is 48.2 Å². The molecule has 5 nitrogen and oxygen atoms in total. The van der Waals surface area contributed by atoms with Crippen molar-refractivity contribution < 1.29 is 14.3 Å². The monoisotopic (exact) mass is 378 g/mol. The highest BCUT2D eigenvalue weighted by molar-refractivity contribution is 6.00. The SMILES string of the molecule is O=C1Cc2cc(-c3cccc(C(=O)NCCCC[C@H]4CCCO4)c3)ccc2N1. The standard InChI is InChI=1S/C23H26N2O3/c26-22-15-19-14-17(9-10-21(19)25-22)16-5-3-6-18(13-16)23(27)24-11-2-1-7-20-8-4-12-28-20/h3,5-6,9-10,13-14,20H,1-2,4,7-8,11-12,15H2,(H,24,27)(H,25,26)/t20-/m0/s1. The average molecular weight is 378 g/mol. The van der Waals surface area contributed by atoms with Crippen LogP contribution in [0.25, 0.3) is 11.1 Å². The minimum Gasteiger partial charge on any atom is -0.378 e. The second-order valence-electron chi connectivity index (χ2n) is 7.56. The predicted octanol–water partition coefficient (Wildman–Crippen LogP) is 3.93. The number of amides is 2. The van der Waals surface area contributed by atoms with Gasteiger partial charge in [-0.1, -0.05) is 18.2 Å². The van der Waals surface area contributed by atoms with Crippen LogP contribution in [0.5, 0.6) is 0 Å². The van der Waals surface area contributed by atoms with Crippen LogP contribution in [0.2, 0.25) is 0 Å². The summed E-state index contributed by atoms with van der Waals surface area (Å²) >= 11 is 0. The van der Waals surface area contributed by atoms with E-state index >= 15 is 0 Å². The van der Waals surface area contributed by atoms with E-state index in [1.807, 2.05) is 42.5 Å². The lowest BCUT2D eigenvalue weighted by Crippen LogP contribution is -2.24. The van der Waals surface area contributed by atoms with Gasteiger partial charge in [0.15, 0.2) is 0 Å². The molecule has 2 aliphatic rings. The number of anilines is 1. The Morgan fingerprint density at radius 2 is 2.04 bits per heavy atom. The number of carbonyl (C=O) groups excluding carboxylic acids is 2. The van der Waals surface area contributed by atoms with E-state index in [1.54, 1.807) is 0 Å². The molecular weight excluding hydrogens is 352 g/mol. The van der Waals surface area contributed by atoms with Crippen LogP contribution in [0.15, 0.2) is 42.5 Å². The number of hydrogen-bond acceptors (Lipinski definition) is 3. The zero-order valence-electron chi connectivity index (χ0n) is 16.0. The Bertz CT molecular complexity index is 872.